The molecule has 2 fully saturated rings. The van der Waals surface area contributed by atoms with Crippen molar-refractivity contribution in [2.75, 3.05) is 31.1 Å². The highest BCUT2D eigenvalue weighted by atomic mass is 32.1. The number of amides is 1. The highest BCUT2D eigenvalue weighted by Crippen LogP contribution is 2.47. The van der Waals surface area contributed by atoms with Gasteiger partial charge in [-0.1, -0.05) is 41.7 Å². The average Bonchev–Trinajstić information content (AvgIpc) is 3.33. The van der Waals surface area contributed by atoms with Gasteiger partial charge >= 0.3 is 5.97 Å². The van der Waals surface area contributed by atoms with Gasteiger partial charge in [-0.05, 0) is 6.42 Å². The molecule has 1 amide bonds. The number of carbonyl (C=O) groups excluding carboxylic acids is 1. The summed E-state index contributed by atoms with van der Waals surface area (Å²) in [5.41, 5.74) is 0.867. The first kappa shape index (κ1) is 17.9. The van der Waals surface area contributed by atoms with Crippen LogP contribution in [-0.2, 0) is 9.59 Å². The second kappa shape index (κ2) is 6.92. The molecule has 2 aromatic rings. The number of aliphatic carboxylic acids is 1. The monoisotopic (exact) mass is 386 g/mol. The van der Waals surface area contributed by atoms with Gasteiger partial charge in [-0.15, -0.1) is 10.2 Å². The number of carbonyl (C=O) groups is 2. The Hall–Kier alpha value is -2.48. The summed E-state index contributed by atoms with van der Waals surface area (Å²) in [5.74, 6) is -0.456. The first-order valence-electron chi connectivity index (χ1n) is 9.08. The van der Waals surface area contributed by atoms with E-state index in [0.717, 1.165) is 28.8 Å². The summed E-state index contributed by atoms with van der Waals surface area (Å²) in [6.45, 7) is 4.41. The largest absolute Gasteiger partial charge is 0.481 e. The van der Waals surface area contributed by atoms with Gasteiger partial charge in [0.15, 0.2) is 0 Å². The SMILES string of the molecule is CC(=O)N1C[C@@H]2CN(c3nnc(-c4ccccc4)s3)C[C@]2(CCC(=O)O)C1. The molecule has 8 heteroatoms. The van der Waals surface area contributed by atoms with Crippen LogP contribution in [0.15, 0.2) is 30.3 Å². The Kier molecular flexibility index (Phi) is 4.59. The van der Waals surface area contributed by atoms with Crippen LogP contribution in [0.4, 0.5) is 5.13 Å². The number of carboxylic acids is 1. The quantitative estimate of drug-likeness (QED) is 0.849. The fourth-order valence-corrected chi connectivity index (χ4v) is 5.18. The first-order chi connectivity index (χ1) is 13.0. The van der Waals surface area contributed by atoms with Gasteiger partial charge < -0.3 is 14.9 Å². The number of anilines is 1. The molecule has 1 N–H and O–H groups in total. The molecule has 2 atom stereocenters. The summed E-state index contributed by atoms with van der Waals surface area (Å²) in [4.78, 5) is 27.1. The van der Waals surface area contributed by atoms with Crippen molar-refractivity contribution in [1.82, 2.24) is 15.1 Å². The molecule has 0 radical (unpaired) electrons. The van der Waals surface area contributed by atoms with Crippen LogP contribution in [0.2, 0.25) is 0 Å². The molecular weight excluding hydrogens is 364 g/mol. The van der Waals surface area contributed by atoms with Gasteiger partial charge in [-0.2, -0.15) is 0 Å². The number of nitrogens with zero attached hydrogens (tertiary/aromatic N) is 4. The molecule has 0 bridgehead atoms. The third kappa shape index (κ3) is 3.41. The van der Waals surface area contributed by atoms with Gasteiger partial charge in [-0.3, -0.25) is 9.59 Å². The van der Waals surface area contributed by atoms with E-state index in [1.807, 2.05) is 35.2 Å². The predicted octanol–water partition coefficient (Wildman–Crippen LogP) is 2.35. The van der Waals surface area contributed by atoms with Crippen molar-refractivity contribution < 1.29 is 14.7 Å². The summed E-state index contributed by atoms with van der Waals surface area (Å²) < 4.78 is 0. The zero-order valence-electron chi connectivity index (χ0n) is 15.2. The summed E-state index contributed by atoms with van der Waals surface area (Å²) in [5, 5.41) is 19.6. The fraction of sp³-hybridized carbons (Fsp3) is 0.474. The molecule has 2 aliphatic heterocycles. The Balaban J connectivity index is 1.54. The number of aromatic nitrogens is 2. The van der Waals surface area contributed by atoms with Gasteiger partial charge in [0.2, 0.25) is 11.0 Å². The lowest BCUT2D eigenvalue weighted by Crippen LogP contribution is -2.36. The minimum absolute atomic E-state index is 0.0629. The van der Waals surface area contributed by atoms with Crippen LogP contribution in [0.5, 0.6) is 0 Å². The molecule has 2 saturated heterocycles. The Labute approximate surface area is 161 Å². The maximum absolute atomic E-state index is 11.8. The molecule has 0 unspecified atom stereocenters. The van der Waals surface area contributed by atoms with E-state index in [1.54, 1.807) is 18.3 Å². The molecule has 27 heavy (non-hydrogen) atoms. The molecule has 0 saturated carbocycles. The van der Waals surface area contributed by atoms with Crippen LogP contribution < -0.4 is 4.90 Å². The van der Waals surface area contributed by atoms with E-state index >= 15 is 0 Å². The molecule has 3 heterocycles. The van der Waals surface area contributed by atoms with Crippen molar-refractivity contribution in [2.45, 2.75) is 19.8 Å². The standard InChI is InChI=1S/C19H22N4O3S/c1-13(24)22-9-15-10-23(12-19(15,11-22)8-7-16(25)26)18-21-20-17(27-18)14-5-3-2-4-6-14/h2-6,15H,7-12H2,1H3,(H,25,26)/t15-,19+/m1/s1. The average molecular weight is 386 g/mol. The summed E-state index contributed by atoms with van der Waals surface area (Å²) in [6.07, 6.45) is 0.707. The van der Waals surface area contributed by atoms with Crippen LogP contribution in [0, 0.1) is 11.3 Å². The van der Waals surface area contributed by atoms with Crippen LogP contribution in [0.1, 0.15) is 19.8 Å². The summed E-state index contributed by atoms with van der Waals surface area (Å²) in [7, 11) is 0. The van der Waals surface area contributed by atoms with E-state index in [-0.39, 0.29) is 23.7 Å². The molecule has 142 valence electrons. The van der Waals surface area contributed by atoms with Gasteiger partial charge in [-0.25, -0.2) is 0 Å². The van der Waals surface area contributed by atoms with E-state index in [1.165, 1.54) is 0 Å². The van der Waals surface area contributed by atoms with Gasteiger partial charge in [0.05, 0.1) is 0 Å². The third-order valence-corrected chi connectivity index (χ3v) is 6.78. The normalized spacial score (nSPS) is 24.3. The second-order valence-electron chi connectivity index (χ2n) is 7.49. The summed E-state index contributed by atoms with van der Waals surface area (Å²) in [6, 6.07) is 9.96. The fourth-order valence-electron chi connectivity index (χ4n) is 4.32. The number of rotatable bonds is 5. The van der Waals surface area contributed by atoms with Crippen molar-refractivity contribution in [2.24, 2.45) is 11.3 Å². The third-order valence-electron chi connectivity index (χ3n) is 5.75. The van der Waals surface area contributed by atoms with Crippen LogP contribution in [0.3, 0.4) is 0 Å². The van der Waals surface area contributed by atoms with Gasteiger partial charge in [0.25, 0.3) is 0 Å². The lowest BCUT2D eigenvalue weighted by atomic mass is 9.77. The number of hydrogen-bond donors (Lipinski definition) is 1. The Morgan fingerprint density at radius 2 is 2.00 bits per heavy atom. The lowest BCUT2D eigenvalue weighted by molar-refractivity contribution is -0.137. The number of hydrogen-bond acceptors (Lipinski definition) is 6. The van der Waals surface area contributed by atoms with Gasteiger partial charge in [0.1, 0.15) is 5.01 Å². The minimum atomic E-state index is -0.787. The van der Waals surface area contributed by atoms with Gasteiger partial charge in [0, 0.05) is 56.4 Å². The predicted molar refractivity (Wildman–Crippen MR) is 103 cm³/mol. The molecule has 7 nitrogen and oxygen atoms in total. The van der Waals surface area contributed by atoms with Crippen molar-refractivity contribution in [1.29, 1.82) is 0 Å². The van der Waals surface area contributed by atoms with Crippen molar-refractivity contribution in [3.05, 3.63) is 30.3 Å². The van der Waals surface area contributed by atoms with E-state index < -0.39 is 5.97 Å². The molecule has 2 aliphatic rings. The van der Waals surface area contributed by atoms with Crippen LogP contribution >= 0.6 is 11.3 Å². The molecule has 0 aliphatic carbocycles. The number of likely N-dealkylation sites (tertiary alicyclic amines) is 1. The number of fused-ring (bicyclic) bond motifs is 1. The number of carboxylic acid groups (broad SMARTS) is 1. The van der Waals surface area contributed by atoms with Crippen LogP contribution in [0.25, 0.3) is 10.6 Å². The van der Waals surface area contributed by atoms with E-state index in [2.05, 4.69) is 15.1 Å². The van der Waals surface area contributed by atoms with E-state index in [9.17, 15) is 9.59 Å². The summed E-state index contributed by atoms with van der Waals surface area (Å²) >= 11 is 1.56. The molecular formula is C19H22N4O3S. The van der Waals surface area contributed by atoms with E-state index in [4.69, 9.17) is 5.11 Å². The Bertz CT molecular complexity index is 856. The van der Waals surface area contributed by atoms with Crippen LogP contribution in [-0.4, -0.2) is 58.3 Å². The zero-order valence-corrected chi connectivity index (χ0v) is 16.0. The lowest BCUT2D eigenvalue weighted by Gasteiger charge is -2.28. The Morgan fingerprint density at radius 3 is 2.70 bits per heavy atom. The second-order valence-corrected chi connectivity index (χ2v) is 8.44. The number of benzene rings is 1. The first-order valence-corrected chi connectivity index (χ1v) is 9.90. The zero-order chi connectivity index (χ0) is 19.0. The van der Waals surface area contributed by atoms with Crippen molar-refractivity contribution >= 4 is 28.3 Å². The smallest absolute Gasteiger partial charge is 0.303 e. The highest BCUT2D eigenvalue weighted by molar-refractivity contribution is 7.18. The topological polar surface area (TPSA) is 86.6 Å². The van der Waals surface area contributed by atoms with E-state index in [0.29, 0.717) is 19.5 Å². The maximum atomic E-state index is 11.8. The minimum Gasteiger partial charge on any atom is -0.481 e. The highest BCUT2D eigenvalue weighted by Gasteiger charge is 2.53. The maximum Gasteiger partial charge on any atom is 0.303 e. The Morgan fingerprint density at radius 1 is 1.22 bits per heavy atom. The molecule has 1 aromatic carbocycles. The van der Waals surface area contributed by atoms with Crippen molar-refractivity contribution in [3.8, 4) is 10.6 Å². The molecule has 1 aromatic heterocycles. The molecule has 0 spiro atoms. The van der Waals surface area contributed by atoms with Crippen molar-refractivity contribution in [3.63, 3.8) is 0 Å². The molecule has 4 rings (SSSR count).